The highest BCUT2D eigenvalue weighted by Crippen LogP contribution is 2.36. The maximum Gasteiger partial charge on any atom is 0.305 e. The minimum Gasteiger partial charge on any atom is -0.469 e. The van der Waals surface area contributed by atoms with Crippen LogP contribution in [0, 0.1) is 5.92 Å². The number of carbonyl (C=O) groups excluding carboxylic acids is 3. The van der Waals surface area contributed by atoms with Crippen LogP contribution in [0.5, 0.6) is 0 Å². The maximum absolute atomic E-state index is 12.8. The van der Waals surface area contributed by atoms with Gasteiger partial charge in [0, 0.05) is 45.4 Å². The fraction of sp³-hybridized carbons (Fsp3) is 0.667. The molecule has 9 nitrogen and oxygen atoms in total. The van der Waals surface area contributed by atoms with Crippen molar-refractivity contribution in [2.45, 2.75) is 63.2 Å². The van der Waals surface area contributed by atoms with Gasteiger partial charge in [0.1, 0.15) is 0 Å². The zero-order valence-electron chi connectivity index (χ0n) is 19.5. The summed E-state index contributed by atoms with van der Waals surface area (Å²) in [7, 11) is 3.12. The molecule has 1 saturated heterocycles. The quantitative estimate of drug-likeness (QED) is 0.397. The highest BCUT2D eigenvalue weighted by atomic mass is 16.5. The smallest absolute Gasteiger partial charge is 0.305 e. The lowest BCUT2D eigenvalue weighted by Gasteiger charge is -2.29. The lowest BCUT2D eigenvalue weighted by molar-refractivity contribution is -0.141. The first-order chi connectivity index (χ1) is 16.0. The number of methoxy groups -OCH3 is 1. The van der Waals surface area contributed by atoms with E-state index in [1.54, 1.807) is 24.3 Å². The number of ether oxygens (including phenoxy) is 3. The summed E-state index contributed by atoms with van der Waals surface area (Å²) >= 11 is 0. The molecule has 2 fully saturated rings. The van der Waals surface area contributed by atoms with Crippen LogP contribution in [-0.2, 0) is 28.6 Å². The van der Waals surface area contributed by atoms with Gasteiger partial charge in [0.05, 0.1) is 37.9 Å². The molecule has 3 rings (SSSR count). The first kappa shape index (κ1) is 25.1. The fourth-order valence-electron chi connectivity index (χ4n) is 4.58. The maximum atomic E-state index is 12.8. The zero-order chi connectivity index (χ0) is 23.6. The second kappa shape index (κ2) is 12.6. The molecule has 1 aliphatic carbocycles. The molecular formula is C24H35N3O6. The van der Waals surface area contributed by atoms with Crippen LogP contribution >= 0.6 is 0 Å². The average Bonchev–Trinajstić information content (AvgIpc) is 3.14. The molecule has 1 aliphatic heterocycles. The Bertz CT molecular complexity index is 782. The molecule has 182 valence electrons. The highest BCUT2D eigenvalue weighted by Gasteiger charge is 2.42. The topological polar surface area (TPSA) is 107 Å². The summed E-state index contributed by atoms with van der Waals surface area (Å²) in [6.45, 7) is 1.42. The van der Waals surface area contributed by atoms with Crippen molar-refractivity contribution in [3.8, 4) is 0 Å². The Hall–Kier alpha value is -2.52. The molecule has 1 aromatic rings. The number of hydrogen-bond acceptors (Lipinski definition) is 7. The van der Waals surface area contributed by atoms with Crippen molar-refractivity contribution in [3.63, 3.8) is 0 Å². The summed E-state index contributed by atoms with van der Waals surface area (Å²) in [5, 5.41) is 2.94. The van der Waals surface area contributed by atoms with Gasteiger partial charge in [-0.1, -0.05) is 6.07 Å². The van der Waals surface area contributed by atoms with Crippen LogP contribution in [0.1, 0.15) is 56.6 Å². The highest BCUT2D eigenvalue weighted by molar-refractivity contribution is 5.90. The fourth-order valence-corrected chi connectivity index (χ4v) is 4.58. The van der Waals surface area contributed by atoms with Gasteiger partial charge in [0.25, 0.3) is 0 Å². The summed E-state index contributed by atoms with van der Waals surface area (Å²) < 4.78 is 16.4. The number of esters is 1. The first-order valence-corrected chi connectivity index (χ1v) is 11.7. The molecular weight excluding hydrogens is 426 g/mol. The van der Waals surface area contributed by atoms with Crippen molar-refractivity contribution >= 4 is 17.8 Å². The predicted octanol–water partition coefficient (Wildman–Crippen LogP) is 2.01. The summed E-state index contributed by atoms with van der Waals surface area (Å²) in [6, 6.07) is 3.42. The van der Waals surface area contributed by atoms with E-state index in [4.69, 9.17) is 9.47 Å². The van der Waals surface area contributed by atoms with Crippen LogP contribution in [0.3, 0.4) is 0 Å². The van der Waals surface area contributed by atoms with Gasteiger partial charge in [-0.05, 0) is 43.7 Å². The Morgan fingerprint density at radius 3 is 2.48 bits per heavy atom. The van der Waals surface area contributed by atoms with Crippen LogP contribution < -0.4 is 5.32 Å². The van der Waals surface area contributed by atoms with Crippen LogP contribution in [0.25, 0.3) is 0 Å². The largest absolute Gasteiger partial charge is 0.469 e. The van der Waals surface area contributed by atoms with Crippen molar-refractivity contribution in [1.29, 1.82) is 0 Å². The van der Waals surface area contributed by atoms with Gasteiger partial charge in [0.15, 0.2) is 0 Å². The Labute approximate surface area is 195 Å². The SMILES string of the molecule is COC(=O)CCCO[C@H]1CC[C@H](OCCNC(=O)[C@H]2CC(=O)N(C)[C@@H]2c2cccnc2)CC1. The van der Waals surface area contributed by atoms with Gasteiger partial charge in [-0.15, -0.1) is 0 Å². The second-order valence-corrected chi connectivity index (χ2v) is 8.66. The van der Waals surface area contributed by atoms with Crippen molar-refractivity contribution in [3.05, 3.63) is 30.1 Å². The molecule has 1 aromatic heterocycles. The third kappa shape index (κ3) is 7.23. The predicted molar refractivity (Wildman–Crippen MR) is 120 cm³/mol. The zero-order valence-corrected chi connectivity index (χ0v) is 19.5. The van der Waals surface area contributed by atoms with Gasteiger partial charge in [-0.3, -0.25) is 19.4 Å². The molecule has 33 heavy (non-hydrogen) atoms. The van der Waals surface area contributed by atoms with E-state index >= 15 is 0 Å². The number of nitrogens with zero attached hydrogens (tertiary/aromatic N) is 2. The summed E-state index contributed by atoms with van der Waals surface area (Å²) in [4.78, 5) is 41.9. The molecule has 1 N–H and O–H groups in total. The van der Waals surface area contributed by atoms with E-state index in [1.165, 1.54) is 7.11 Å². The molecule has 0 spiro atoms. The van der Waals surface area contributed by atoms with Crippen molar-refractivity contribution in [2.24, 2.45) is 5.92 Å². The van der Waals surface area contributed by atoms with Crippen LogP contribution in [0.2, 0.25) is 0 Å². The summed E-state index contributed by atoms with van der Waals surface area (Å²) in [6.07, 6.45) is 8.72. The molecule has 1 saturated carbocycles. The number of pyridine rings is 1. The number of hydrogen-bond donors (Lipinski definition) is 1. The van der Waals surface area contributed by atoms with Crippen LogP contribution in [-0.4, -0.2) is 73.8 Å². The number of nitrogens with one attached hydrogen (secondary N) is 1. The second-order valence-electron chi connectivity index (χ2n) is 8.66. The van der Waals surface area contributed by atoms with Crippen molar-refractivity contribution in [1.82, 2.24) is 15.2 Å². The molecule has 0 aromatic carbocycles. The number of aromatic nitrogens is 1. The molecule has 2 amide bonds. The molecule has 2 atom stereocenters. The summed E-state index contributed by atoms with van der Waals surface area (Å²) in [5.41, 5.74) is 0.867. The van der Waals surface area contributed by atoms with Crippen molar-refractivity contribution in [2.75, 3.05) is 33.9 Å². The molecule has 2 heterocycles. The van der Waals surface area contributed by atoms with Crippen LogP contribution in [0.4, 0.5) is 0 Å². The molecule has 0 bridgehead atoms. The number of likely N-dealkylation sites (tertiary alicyclic amines) is 1. The first-order valence-electron chi connectivity index (χ1n) is 11.7. The molecule has 2 aliphatic rings. The Balaban J connectivity index is 1.32. The lowest BCUT2D eigenvalue weighted by Crippen LogP contribution is -2.37. The van der Waals surface area contributed by atoms with E-state index < -0.39 is 5.92 Å². The van der Waals surface area contributed by atoms with Gasteiger partial charge in [-0.2, -0.15) is 0 Å². The Kier molecular flexibility index (Phi) is 9.62. The number of amides is 2. The van der Waals surface area contributed by atoms with E-state index in [1.807, 2.05) is 12.1 Å². The standard InChI is InChI=1S/C24H35N3O6/c1-27-21(28)15-20(23(27)17-5-3-11-25-16-17)24(30)26-12-14-33-19-9-7-18(8-10-19)32-13-4-6-22(29)31-2/h3,5,11,16,18-20,23H,4,6-10,12-15H2,1-2H3,(H,26,30)/t18-,19-,20-,23+/m0/s1. The van der Waals surface area contributed by atoms with E-state index in [0.29, 0.717) is 32.6 Å². The molecule has 9 heteroatoms. The Morgan fingerprint density at radius 1 is 1.15 bits per heavy atom. The van der Waals surface area contributed by atoms with Gasteiger partial charge in [-0.25, -0.2) is 0 Å². The average molecular weight is 462 g/mol. The minimum absolute atomic E-state index is 0.0375. The van der Waals surface area contributed by atoms with Crippen LogP contribution in [0.15, 0.2) is 24.5 Å². The van der Waals surface area contributed by atoms with Gasteiger partial charge >= 0.3 is 5.97 Å². The Morgan fingerprint density at radius 2 is 1.85 bits per heavy atom. The third-order valence-corrected chi connectivity index (χ3v) is 6.43. The van der Waals surface area contributed by atoms with E-state index in [0.717, 1.165) is 31.2 Å². The molecule has 0 radical (unpaired) electrons. The number of rotatable bonds is 11. The van der Waals surface area contributed by atoms with E-state index in [9.17, 15) is 14.4 Å². The van der Waals surface area contributed by atoms with Crippen molar-refractivity contribution < 1.29 is 28.6 Å². The molecule has 0 unspecified atom stereocenters. The van der Waals surface area contributed by atoms with Gasteiger partial charge in [0.2, 0.25) is 11.8 Å². The third-order valence-electron chi connectivity index (χ3n) is 6.43. The normalized spacial score (nSPS) is 25.2. The minimum atomic E-state index is -0.432. The van der Waals surface area contributed by atoms with E-state index in [2.05, 4.69) is 15.0 Å². The van der Waals surface area contributed by atoms with Gasteiger partial charge < -0.3 is 24.4 Å². The summed E-state index contributed by atoms with van der Waals surface area (Å²) in [5.74, 6) is -0.806. The van der Waals surface area contributed by atoms with E-state index in [-0.39, 0.29) is 42.5 Å². The number of carbonyl (C=O) groups is 3. The lowest BCUT2D eigenvalue weighted by atomic mass is 9.94. The monoisotopic (exact) mass is 461 g/mol.